The van der Waals surface area contributed by atoms with Crippen molar-refractivity contribution in [3.8, 4) is 0 Å². The minimum absolute atomic E-state index is 0.0925. The van der Waals surface area contributed by atoms with Crippen LogP contribution in [0, 0.1) is 0 Å². The molecule has 0 radical (unpaired) electrons. The second-order valence-corrected chi connectivity index (χ2v) is 14.0. The molecule has 0 saturated carbocycles. The van der Waals surface area contributed by atoms with E-state index < -0.39 is 38.9 Å². The van der Waals surface area contributed by atoms with Crippen LogP contribution in [0.15, 0.2) is 48.5 Å². The summed E-state index contributed by atoms with van der Waals surface area (Å²) in [5.74, 6) is -0.147. The molecule has 1 aliphatic heterocycles. The highest BCUT2D eigenvalue weighted by atomic mass is 35.5. The minimum Gasteiger partial charge on any atom is -0.357 e. The maximum atomic E-state index is 14.2. The van der Waals surface area contributed by atoms with Gasteiger partial charge in [-0.2, -0.15) is 0 Å². The normalized spacial score (nSPS) is 21.5. The maximum Gasteiger partial charge on any atom is 0.253 e. The number of tetrazole rings is 1. The van der Waals surface area contributed by atoms with Crippen LogP contribution in [0.2, 0.25) is 10.0 Å². The number of sulfone groups is 1. The SMILES string of the molecule is CC[C@@H](CS(=O)(=O)C(C)(C)C)N1C(=O)[C@H](Cc2nnn[nH]2)O[C@H](c2cccc(Cl)c2)[C@H]1c1ccc(Cl)cc1. The zero-order valence-corrected chi connectivity index (χ0v) is 24.0. The summed E-state index contributed by atoms with van der Waals surface area (Å²) in [6, 6.07) is 13.2. The van der Waals surface area contributed by atoms with Gasteiger partial charge < -0.3 is 9.64 Å². The van der Waals surface area contributed by atoms with Crippen LogP contribution in [0.3, 0.4) is 0 Å². The highest BCUT2D eigenvalue weighted by molar-refractivity contribution is 7.92. The molecule has 1 aromatic heterocycles. The number of hydrogen-bond donors (Lipinski definition) is 1. The van der Waals surface area contributed by atoms with Crippen LogP contribution in [0.1, 0.15) is 63.2 Å². The highest BCUT2D eigenvalue weighted by Crippen LogP contribution is 2.45. The molecule has 4 rings (SSSR count). The Hall–Kier alpha value is -2.53. The van der Waals surface area contributed by atoms with Gasteiger partial charge >= 0.3 is 0 Å². The van der Waals surface area contributed by atoms with Gasteiger partial charge in [-0.3, -0.25) is 4.79 Å². The van der Waals surface area contributed by atoms with Gasteiger partial charge in [0, 0.05) is 22.5 Å². The van der Waals surface area contributed by atoms with Crippen LogP contribution in [-0.2, 0) is 25.8 Å². The number of benzene rings is 2. The topological polar surface area (TPSA) is 118 Å². The van der Waals surface area contributed by atoms with E-state index in [9.17, 15) is 13.2 Å². The second kappa shape index (κ2) is 11.3. The van der Waals surface area contributed by atoms with Gasteiger partial charge in [0.2, 0.25) is 0 Å². The average molecular weight is 581 g/mol. The van der Waals surface area contributed by atoms with Gasteiger partial charge in [-0.1, -0.05) is 54.4 Å². The third-order valence-electron chi connectivity index (χ3n) is 6.79. The van der Waals surface area contributed by atoms with Gasteiger partial charge in [0.15, 0.2) is 15.7 Å². The summed E-state index contributed by atoms with van der Waals surface area (Å²) in [5.41, 5.74) is 1.52. The monoisotopic (exact) mass is 579 g/mol. The summed E-state index contributed by atoms with van der Waals surface area (Å²) in [7, 11) is -3.57. The Bertz CT molecular complexity index is 1360. The van der Waals surface area contributed by atoms with Crippen LogP contribution < -0.4 is 0 Å². The maximum absolute atomic E-state index is 14.2. The number of ether oxygens (including phenoxy) is 1. The molecule has 1 amide bonds. The molecule has 9 nitrogen and oxygen atoms in total. The van der Waals surface area contributed by atoms with Gasteiger partial charge in [0.05, 0.1) is 16.5 Å². The molecule has 0 unspecified atom stereocenters. The second-order valence-electron chi connectivity index (χ2n) is 10.4. The first-order valence-corrected chi connectivity index (χ1v) is 14.8. The number of halogens is 2. The first-order chi connectivity index (χ1) is 17.9. The molecular weight excluding hydrogens is 549 g/mol. The number of hydrogen-bond acceptors (Lipinski definition) is 7. The van der Waals surface area contributed by atoms with Crippen molar-refractivity contribution in [3.63, 3.8) is 0 Å². The van der Waals surface area contributed by atoms with Crippen LogP contribution in [0.5, 0.6) is 0 Å². The molecule has 1 aliphatic rings. The number of rotatable bonds is 8. The third-order valence-corrected chi connectivity index (χ3v) is 9.97. The summed E-state index contributed by atoms with van der Waals surface area (Å²) < 4.78 is 32.2. The zero-order valence-electron chi connectivity index (χ0n) is 21.6. The van der Waals surface area contributed by atoms with Gasteiger partial charge in [-0.05, 0) is 73.0 Å². The summed E-state index contributed by atoms with van der Waals surface area (Å²) in [6.45, 7) is 6.89. The van der Waals surface area contributed by atoms with Gasteiger partial charge in [-0.25, -0.2) is 13.5 Å². The molecule has 0 aliphatic carbocycles. The lowest BCUT2D eigenvalue weighted by Gasteiger charge is -2.48. The predicted molar refractivity (Wildman–Crippen MR) is 146 cm³/mol. The number of H-pyrrole nitrogens is 1. The molecule has 204 valence electrons. The van der Waals surface area contributed by atoms with Crippen molar-refractivity contribution < 1.29 is 17.9 Å². The van der Waals surface area contributed by atoms with E-state index >= 15 is 0 Å². The van der Waals surface area contributed by atoms with Gasteiger partial charge in [-0.15, -0.1) is 5.10 Å². The Labute approximate surface area is 232 Å². The van der Waals surface area contributed by atoms with Crippen molar-refractivity contribution in [2.24, 2.45) is 0 Å². The number of amides is 1. The fourth-order valence-electron chi connectivity index (χ4n) is 4.58. The fraction of sp³-hybridized carbons (Fsp3) is 0.462. The van der Waals surface area contributed by atoms with Crippen LogP contribution in [-0.4, -0.2) is 62.5 Å². The van der Waals surface area contributed by atoms with E-state index in [-0.39, 0.29) is 18.1 Å². The molecule has 2 aromatic carbocycles. The van der Waals surface area contributed by atoms with Crippen molar-refractivity contribution in [3.05, 3.63) is 75.5 Å². The van der Waals surface area contributed by atoms with E-state index in [1.807, 2.05) is 31.2 Å². The lowest BCUT2D eigenvalue weighted by Crippen LogP contribution is -2.57. The van der Waals surface area contributed by atoms with E-state index in [1.54, 1.807) is 49.9 Å². The smallest absolute Gasteiger partial charge is 0.253 e. The number of aromatic nitrogens is 4. The lowest BCUT2D eigenvalue weighted by molar-refractivity contribution is -0.178. The number of nitrogens with one attached hydrogen (secondary N) is 1. The first kappa shape index (κ1) is 28.5. The summed E-state index contributed by atoms with van der Waals surface area (Å²) in [5, 5.41) is 14.9. The van der Waals surface area contributed by atoms with Gasteiger partial charge in [0.25, 0.3) is 5.91 Å². The van der Waals surface area contributed by atoms with E-state index in [1.165, 1.54) is 0 Å². The van der Waals surface area contributed by atoms with Crippen LogP contribution >= 0.6 is 23.2 Å². The first-order valence-electron chi connectivity index (χ1n) is 12.3. The van der Waals surface area contributed by atoms with Crippen molar-refractivity contribution in [2.75, 3.05) is 5.75 Å². The fourth-order valence-corrected chi connectivity index (χ4v) is 6.31. The predicted octanol–water partition coefficient (Wildman–Crippen LogP) is 4.75. The molecule has 38 heavy (non-hydrogen) atoms. The molecule has 1 N–H and O–H groups in total. The molecule has 1 saturated heterocycles. The average Bonchev–Trinajstić information content (AvgIpc) is 3.37. The minimum atomic E-state index is -3.57. The molecule has 3 aromatic rings. The zero-order chi connectivity index (χ0) is 27.7. The molecule has 4 atom stereocenters. The number of nitrogens with zero attached hydrogens (tertiary/aromatic N) is 4. The van der Waals surface area contributed by atoms with E-state index in [4.69, 9.17) is 27.9 Å². The number of aromatic amines is 1. The summed E-state index contributed by atoms with van der Waals surface area (Å²) in [6.07, 6.45) is -1.09. The Morgan fingerprint density at radius 1 is 1.08 bits per heavy atom. The molecule has 0 bridgehead atoms. The van der Waals surface area contributed by atoms with Gasteiger partial charge in [0.1, 0.15) is 12.2 Å². The lowest BCUT2D eigenvalue weighted by atomic mass is 9.89. The summed E-state index contributed by atoms with van der Waals surface area (Å²) >= 11 is 12.5. The molecule has 2 heterocycles. The van der Waals surface area contributed by atoms with Crippen LogP contribution in [0.4, 0.5) is 0 Å². The molecule has 0 spiro atoms. The van der Waals surface area contributed by atoms with Crippen molar-refractivity contribution in [1.29, 1.82) is 0 Å². The van der Waals surface area contributed by atoms with Crippen molar-refractivity contribution >= 4 is 38.9 Å². The van der Waals surface area contributed by atoms with E-state index in [0.29, 0.717) is 22.3 Å². The Balaban J connectivity index is 1.87. The number of carbonyl (C=O) groups is 1. The Morgan fingerprint density at radius 2 is 1.79 bits per heavy atom. The number of carbonyl (C=O) groups excluding carboxylic acids is 1. The Kier molecular flexibility index (Phi) is 8.46. The molecule has 1 fully saturated rings. The van der Waals surface area contributed by atoms with E-state index in [2.05, 4.69) is 20.6 Å². The van der Waals surface area contributed by atoms with E-state index in [0.717, 1.165) is 11.1 Å². The largest absolute Gasteiger partial charge is 0.357 e. The molecule has 12 heteroatoms. The quantitative estimate of drug-likeness (QED) is 0.409. The third kappa shape index (κ3) is 6.03. The Morgan fingerprint density at radius 3 is 2.37 bits per heavy atom. The standard InChI is InChI=1S/C26H31Cl2N5O4S/c1-5-20(15-38(35,36)26(2,3)4)33-23(16-9-11-18(27)12-10-16)24(17-7-6-8-19(28)13-17)37-21(25(33)34)14-22-29-31-32-30-22/h6-13,20-21,23-24H,5,14-15H2,1-4H3,(H,29,30,31,32)/t20-,21-,23+,24+/m0/s1. The van der Waals surface area contributed by atoms with Crippen molar-refractivity contribution in [2.45, 2.75) is 69.6 Å². The molecular formula is C26H31Cl2N5O4S. The highest BCUT2D eigenvalue weighted by Gasteiger charge is 2.48. The number of morpholine rings is 1. The van der Waals surface area contributed by atoms with Crippen molar-refractivity contribution in [1.82, 2.24) is 25.5 Å². The summed E-state index contributed by atoms with van der Waals surface area (Å²) in [4.78, 5) is 15.8. The van der Waals surface area contributed by atoms with Crippen LogP contribution in [0.25, 0.3) is 0 Å².